The lowest BCUT2D eigenvalue weighted by Gasteiger charge is -2.25. The highest BCUT2D eigenvalue weighted by Gasteiger charge is 2.47. The van der Waals surface area contributed by atoms with Gasteiger partial charge in [-0.25, -0.2) is 19.0 Å². The van der Waals surface area contributed by atoms with Crippen molar-refractivity contribution in [3.8, 4) is 0 Å². The van der Waals surface area contributed by atoms with Crippen LogP contribution >= 0.6 is 0 Å². The Morgan fingerprint density at radius 1 is 0.679 bits per heavy atom. The lowest BCUT2D eigenvalue weighted by atomic mass is 10.2. The molecule has 0 aromatic carbocycles. The number of alkyl halides is 3. The molecular formula is C34H45F3N16. The van der Waals surface area contributed by atoms with E-state index in [-0.39, 0.29) is 12.4 Å². The van der Waals surface area contributed by atoms with Crippen molar-refractivity contribution in [3.63, 3.8) is 0 Å². The van der Waals surface area contributed by atoms with Crippen LogP contribution < -0.4 is 9.80 Å². The summed E-state index contributed by atoms with van der Waals surface area (Å²) in [6.45, 7) is 12.4. The van der Waals surface area contributed by atoms with Crippen LogP contribution in [-0.4, -0.2) is 101 Å². The summed E-state index contributed by atoms with van der Waals surface area (Å²) in [6, 6.07) is -1.51. The third kappa shape index (κ3) is 7.50. The molecule has 0 aliphatic carbocycles. The lowest BCUT2D eigenvalue weighted by molar-refractivity contribution is -0.146. The first-order valence-corrected chi connectivity index (χ1v) is 18.0. The molecule has 2 aliphatic rings. The topological polar surface area (TPSA) is 154 Å². The molecule has 282 valence electrons. The molecule has 2 unspecified atom stereocenters. The molecule has 2 saturated heterocycles. The van der Waals surface area contributed by atoms with E-state index in [0.717, 1.165) is 77.9 Å². The zero-order valence-corrected chi connectivity index (χ0v) is 31.2. The normalized spacial score (nSPS) is 17.8. The Morgan fingerprint density at radius 3 is 1.70 bits per heavy atom. The molecule has 0 N–H and O–H groups in total. The van der Waals surface area contributed by atoms with Crippen molar-refractivity contribution in [2.24, 2.45) is 20.0 Å². The standard InChI is InChI=1S/C17H21F3N8.C17H24N8/c1-10-9-21-11(2)15-22-13(24-28(10)15)6-7-14-23-16(25-26(14)3)27-8-4-5-12(27)17(18,19)20;1-11-7-8-24(10-11)17-20-15(23(4)22-17)6-5-14-19-16-13(3)18-9-12(2)25(16)21-14/h9,12H,4-8H2,1-3H3;9,11H,5-8,10H2,1-4H3. The van der Waals surface area contributed by atoms with E-state index in [1.165, 1.54) is 16.0 Å². The summed E-state index contributed by atoms with van der Waals surface area (Å²) in [5, 5.41) is 17.9. The molecule has 0 saturated carbocycles. The highest BCUT2D eigenvalue weighted by molar-refractivity contribution is 5.44. The Bertz CT molecular complexity index is 2150. The monoisotopic (exact) mass is 734 g/mol. The first-order chi connectivity index (χ1) is 25.2. The summed E-state index contributed by atoms with van der Waals surface area (Å²) in [5.74, 6) is 4.73. The first-order valence-electron chi connectivity index (χ1n) is 18.0. The maximum atomic E-state index is 13.2. The van der Waals surface area contributed by atoms with Crippen LogP contribution in [0.15, 0.2) is 12.4 Å². The predicted molar refractivity (Wildman–Crippen MR) is 190 cm³/mol. The molecule has 2 atom stereocenters. The van der Waals surface area contributed by atoms with Gasteiger partial charge in [-0.2, -0.15) is 33.3 Å². The smallest absolute Gasteiger partial charge is 0.339 e. The molecule has 8 heterocycles. The Kier molecular flexibility index (Phi) is 9.75. The van der Waals surface area contributed by atoms with Gasteiger partial charge in [0.1, 0.15) is 17.7 Å². The SMILES string of the molecule is Cc1ncc(C)n2nc(CCc3nc(N4CCC(C)C4)nn3C)nc12.Cc1ncc(C)n2nc(CCc3nc(N4CCCC4C(F)(F)F)nn3C)nc12. The minimum Gasteiger partial charge on any atom is -0.339 e. The van der Waals surface area contributed by atoms with Gasteiger partial charge in [-0.15, -0.1) is 10.2 Å². The summed E-state index contributed by atoms with van der Waals surface area (Å²) in [4.78, 5) is 30.4. The van der Waals surface area contributed by atoms with Crippen LogP contribution in [-0.2, 0) is 39.8 Å². The number of halogens is 3. The summed E-state index contributed by atoms with van der Waals surface area (Å²) >= 11 is 0. The Morgan fingerprint density at radius 2 is 1.21 bits per heavy atom. The van der Waals surface area contributed by atoms with Gasteiger partial charge in [0.2, 0.25) is 11.9 Å². The summed E-state index contributed by atoms with van der Waals surface area (Å²) in [7, 11) is 3.65. The van der Waals surface area contributed by atoms with Crippen LogP contribution in [0, 0.1) is 33.6 Å². The average Bonchev–Trinajstić information content (AvgIpc) is 3.95. The van der Waals surface area contributed by atoms with E-state index in [1.807, 2.05) is 50.1 Å². The summed E-state index contributed by atoms with van der Waals surface area (Å²) in [6.07, 6.45) is 3.57. The third-order valence-electron chi connectivity index (χ3n) is 9.93. The molecule has 6 aromatic heterocycles. The second-order valence-corrected chi connectivity index (χ2v) is 14.1. The Labute approximate surface area is 304 Å². The van der Waals surface area contributed by atoms with Crippen LogP contribution in [0.1, 0.15) is 72.3 Å². The molecule has 16 nitrogen and oxygen atoms in total. The molecule has 53 heavy (non-hydrogen) atoms. The third-order valence-corrected chi connectivity index (χ3v) is 9.93. The van der Waals surface area contributed by atoms with E-state index >= 15 is 0 Å². The maximum absolute atomic E-state index is 13.2. The van der Waals surface area contributed by atoms with Crippen molar-refractivity contribution >= 4 is 23.2 Å². The largest absolute Gasteiger partial charge is 0.408 e. The highest BCUT2D eigenvalue weighted by Crippen LogP contribution is 2.34. The second kappa shape index (κ2) is 14.3. The number of hydrogen-bond donors (Lipinski definition) is 0. The fraction of sp³-hybridized carbons (Fsp3) is 0.588. The van der Waals surface area contributed by atoms with Crippen LogP contribution in [0.4, 0.5) is 25.1 Å². The van der Waals surface area contributed by atoms with Crippen molar-refractivity contribution < 1.29 is 13.2 Å². The van der Waals surface area contributed by atoms with Crippen molar-refractivity contribution in [1.29, 1.82) is 0 Å². The van der Waals surface area contributed by atoms with Gasteiger partial charge < -0.3 is 9.80 Å². The van der Waals surface area contributed by atoms with E-state index < -0.39 is 12.2 Å². The quantitative estimate of drug-likeness (QED) is 0.224. The molecule has 0 radical (unpaired) electrons. The van der Waals surface area contributed by atoms with Gasteiger partial charge in [0.05, 0.1) is 22.8 Å². The van der Waals surface area contributed by atoms with E-state index in [2.05, 4.69) is 57.1 Å². The van der Waals surface area contributed by atoms with Crippen LogP contribution in [0.3, 0.4) is 0 Å². The number of rotatable bonds is 8. The van der Waals surface area contributed by atoms with Gasteiger partial charge in [-0.05, 0) is 52.9 Å². The van der Waals surface area contributed by atoms with Gasteiger partial charge in [0, 0.05) is 71.8 Å². The number of aromatic nitrogens is 14. The predicted octanol–water partition coefficient (Wildman–Crippen LogP) is 3.69. The molecule has 2 fully saturated rings. The van der Waals surface area contributed by atoms with Gasteiger partial charge in [-0.3, -0.25) is 19.3 Å². The molecule has 6 aromatic rings. The lowest BCUT2D eigenvalue weighted by Crippen LogP contribution is -2.41. The minimum atomic E-state index is -4.28. The number of fused-ring (bicyclic) bond motifs is 2. The molecule has 19 heteroatoms. The second-order valence-electron chi connectivity index (χ2n) is 14.1. The van der Waals surface area contributed by atoms with E-state index in [9.17, 15) is 13.2 Å². The first kappa shape index (κ1) is 36.1. The Balaban J connectivity index is 0.000000165. The average molecular weight is 735 g/mol. The number of aryl methyl sites for hydroxylation is 10. The van der Waals surface area contributed by atoms with E-state index in [4.69, 9.17) is 4.98 Å². The highest BCUT2D eigenvalue weighted by atomic mass is 19.4. The summed E-state index contributed by atoms with van der Waals surface area (Å²) < 4.78 is 46.7. The van der Waals surface area contributed by atoms with Crippen molar-refractivity contribution in [3.05, 3.63) is 58.5 Å². The molecule has 8 rings (SSSR count). The molecule has 0 spiro atoms. The fourth-order valence-corrected chi connectivity index (χ4v) is 6.89. The molecule has 0 bridgehead atoms. The number of anilines is 2. The fourth-order valence-electron chi connectivity index (χ4n) is 6.89. The van der Waals surface area contributed by atoms with Crippen LogP contribution in [0.5, 0.6) is 0 Å². The van der Waals surface area contributed by atoms with E-state index in [0.29, 0.717) is 43.1 Å². The number of nitrogens with zero attached hydrogens (tertiary/aromatic N) is 16. The van der Waals surface area contributed by atoms with Gasteiger partial charge in [0.15, 0.2) is 22.9 Å². The van der Waals surface area contributed by atoms with E-state index in [1.54, 1.807) is 17.8 Å². The van der Waals surface area contributed by atoms with Crippen molar-refractivity contribution in [1.82, 2.24) is 68.7 Å². The molecule has 2 aliphatic heterocycles. The van der Waals surface area contributed by atoms with Crippen molar-refractivity contribution in [2.75, 3.05) is 29.4 Å². The van der Waals surface area contributed by atoms with Gasteiger partial charge in [0.25, 0.3) is 0 Å². The van der Waals surface area contributed by atoms with Crippen molar-refractivity contribution in [2.45, 2.75) is 91.8 Å². The summed E-state index contributed by atoms with van der Waals surface area (Å²) in [5.41, 5.74) is 5.10. The molecule has 0 amide bonds. The molecular weight excluding hydrogens is 689 g/mol. The zero-order chi connectivity index (χ0) is 37.6. The maximum Gasteiger partial charge on any atom is 0.408 e. The van der Waals surface area contributed by atoms with Crippen LogP contribution in [0.25, 0.3) is 11.3 Å². The van der Waals surface area contributed by atoms with Gasteiger partial charge >= 0.3 is 6.18 Å². The minimum absolute atomic E-state index is 0.0784. The van der Waals surface area contributed by atoms with Gasteiger partial charge in [-0.1, -0.05) is 6.92 Å². The number of hydrogen-bond acceptors (Lipinski definition) is 12. The Hall–Kier alpha value is -5.23. The van der Waals surface area contributed by atoms with Crippen LogP contribution in [0.2, 0.25) is 0 Å². The zero-order valence-electron chi connectivity index (χ0n) is 31.2.